The highest BCUT2D eigenvalue weighted by Gasteiger charge is 2.54. The van der Waals surface area contributed by atoms with Gasteiger partial charge >= 0.3 is 0 Å². The van der Waals surface area contributed by atoms with E-state index in [1.807, 2.05) is 0 Å². The van der Waals surface area contributed by atoms with Gasteiger partial charge in [-0.05, 0) is 44.9 Å². The summed E-state index contributed by atoms with van der Waals surface area (Å²) >= 11 is 0. The Labute approximate surface area is 600 Å². The molecule has 3 saturated heterocycles. The predicted molar refractivity (Wildman–Crippen MR) is 393 cm³/mol. The van der Waals surface area contributed by atoms with Gasteiger partial charge in [-0.3, -0.25) is 4.79 Å². The zero-order valence-corrected chi connectivity index (χ0v) is 62.5. The number of hydrogen-bond acceptors (Lipinski definition) is 18. The van der Waals surface area contributed by atoms with Crippen LogP contribution in [0.15, 0.2) is 24.3 Å². The lowest BCUT2D eigenvalue weighted by atomic mass is 9.96. The van der Waals surface area contributed by atoms with Crippen LogP contribution in [0.3, 0.4) is 0 Å². The summed E-state index contributed by atoms with van der Waals surface area (Å²) in [5, 5.41) is 121. The van der Waals surface area contributed by atoms with Crippen molar-refractivity contribution in [3.63, 3.8) is 0 Å². The number of ether oxygens (including phenoxy) is 6. The zero-order valence-electron chi connectivity index (χ0n) is 62.5. The van der Waals surface area contributed by atoms with Crippen molar-refractivity contribution >= 4 is 5.91 Å². The van der Waals surface area contributed by atoms with Gasteiger partial charge in [0.1, 0.15) is 73.2 Å². The molecule has 0 bridgehead atoms. The number of rotatable bonds is 66. The molecule has 1 amide bonds. The Bertz CT molecular complexity index is 1880. The standard InChI is InChI=1S/C80H151NO18/c1-3-5-7-9-11-13-15-17-19-21-23-25-26-27-28-29-30-31-32-33-34-35-36-38-40-42-44-46-48-50-52-54-56-58-68(86)81-63(64(85)57-55-53-51-49-47-45-43-41-39-37-24-22-20-18-16-14-12-10-8-6-4-2)62-94-78-74(92)71(89)76(66(60-83)96-78)99-80-75(93)72(90)77(67(61-84)97-80)98-79-73(91)70(88)69(87)65(59-82)95-79/h15,17,21,23,63-67,69-80,82-85,87-93H,3-14,16,18-20,22,24-62H2,1-2H3,(H,81,86)/b17-15-,23-21-. The molecular weight excluding hydrogens is 1260 g/mol. The Kier molecular flexibility index (Phi) is 56.8. The molecular formula is C80H151NO18. The van der Waals surface area contributed by atoms with Crippen LogP contribution in [0.4, 0.5) is 0 Å². The zero-order chi connectivity index (χ0) is 71.8. The third kappa shape index (κ3) is 41.7. The lowest BCUT2D eigenvalue weighted by Crippen LogP contribution is -2.66. The minimum Gasteiger partial charge on any atom is -0.394 e. The highest BCUT2D eigenvalue weighted by Crippen LogP contribution is 2.33. The minimum absolute atomic E-state index is 0.235. The number of aliphatic hydroxyl groups excluding tert-OH is 11. The third-order valence-corrected chi connectivity index (χ3v) is 20.8. The first-order valence-electron chi connectivity index (χ1n) is 41.1. The Morgan fingerprint density at radius 3 is 1.03 bits per heavy atom. The normalized spacial score (nSPS) is 26.7. The lowest BCUT2D eigenvalue weighted by molar-refractivity contribution is -0.379. The molecule has 12 N–H and O–H groups in total. The van der Waals surface area contributed by atoms with Crippen LogP contribution < -0.4 is 5.32 Å². The molecule has 3 rings (SSSR count). The van der Waals surface area contributed by atoms with Gasteiger partial charge in [-0.2, -0.15) is 0 Å². The smallest absolute Gasteiger partial charge is 0.220 e. The average Bonchev–Trinajstić information content (AvgIpc) is 0.761. The van der Waals surface area contributed by atoms with Crippen LogP contribution in [0.2, 0.25) is 0 Å². The molecule has 0 aliphatic carbocycles. The molecule has 0 saturated carbocycles. The number of hydrogen-bond donors (Lipinski definition) is 12. The highest BCUT2D eigenvalue weighted by molar-refractivity contribution is 5.76. The van der Waals surface area contributed by atoms with E-state index in [-0.39, 0.29) is 18.9 Å². The van der Waals surface area contributed by atoms with Crippen LogP contribution in [0.1, 0.15) is 348 Å². The molecule has 99 heavy (non-hydrogen) atoms. The van der Waals surface area contributed by atoms with E-state index in [2.05, 4.69) is 43.5 Å². The van der Waals surface area contributed by atoms with Crippen LogP contribution in [0.25, 0.3) is 0 Å². The molecule has 17 atom stereocenters. The maximum Gasteiger partial charge on any atom is 0.220 e. The fourth-order valence-electron chi connectivity index (χ4n) is 14.2. The number of allylic oxidation sites excluding steroid dienone is 4. The van der Waals surface area contributed by atoms with E-state index in [0.717, 1.165) is 51.4 Å². The first-order chi connectivity index (χ1) is 48.3. The van der Waals surface area contributed by atoms with E-state index in [0.29, 0.717) is 12.8 Å². The van der Waals surface area contributed by atoms with Gasteiger partial charge in [0.05, 0.1) is 38.6 Å². The molecule has 0 aromatic rings. The van der Waals surface area contributed by atoms with Crippen molar-refractivity contribution < 1.29 is 89.4 Å². The first kappa shape index (κ1) is 91.5. The van der Waals surface area contributed by atoms with Crippen LogP contribution >= 0.6 is 0 Å². The van der Waals surface area contributed by atoms with Crippen molar-refractivity contribution in [3.8, 4) is 0 Å². The second kappa shape index (κ2) is 61.4. The monoisotopic (exact) mass is 1410 g/mol. The van der Waals surface area contributed by atoms with Gasteiger partial charge in [0.15, 0.2) is 18.9 Å². The van der Waals surface area contributed by atoms with E-state index in [4.69, 9.17) is 28.4 Å². The van der Waals surface area contributed by atoms with Gasteiger partial charge < -0.3 is 89.9 Å². The molecule has 19 heteroatoms. The predicted octanol–water partition coefficient (Wildman–Crippen LogP) is 13.7. The number of aliphatic hydroxyl groups is 11. The molecule has 19 nitrogen and oxygen atoms in total. The maximum absolute atomic E-state index is 13.5. The van der Waals surface area contributed by atoms with Crippen molar-refractivity contribution in [2.45, 2.75) is 452 Å². The van der Waals surface area contributed by atoms with E-state index >= 15 is 0 Å². The molecule has 0 radical (unpaired) electrons. The van der Waals surface area contributed by atoms with Crippen molar-refractivity contribution in [1.82, 2.24) is 5.32 Å². The van der Waals surface area contributed by atoms with E-state index in [9.17, 15) is 61.0 Å². The van der Waals surface area contributed by atoms with Crippen LogP contribution in [0.5, 0.6) is 0 Å². The van der Waals surface area contributed by atoms with Crippen LogP contribution in [-0.2, 0) is 33.2 Å². The van der Waals surface area contributed by atoms with Crippen molar-refractivity contribution in [3.05, 3.63) is 24.3 Å². The fraction of sp³-hybridized carbons (Fsp3) is 0.938. The summed E-state index contributed by atoms with van der Waals surface area (Å²) in [5.41, 5.74) is 0. The molecule has 584 valence electrons. The largest absolute Gasteiger partial charge is 0.394 e. The Hall–Kier alpha value is -1.73. The molecule has 0 spiro atoms. The fourth-order valence-corrected chi connectivity index (χ4v) is 14.2. The Balaban J connectivity index is 1.34. The summed E-state index contributed by atoms with van der Waals surface area (Å²) in [6.45, 7) is 1.85. The van der Waals surface area contributed by atoms with E-state index in [1.165, 1.54) is 263 Å². The van der Waals surface area contributed by atoms with E-state index in [1.54, 1.807) is 0 Å². The summed E-state index contributed by atoms with van der Waals surface area (Å²) in [4.78, 5) is 13.5. The molecule has 3 heterocycles. The van der Waals surface area contributed by atoms with Gasteiger partial charge in [-0.1, -0.05) is 321 Å². The number of amides is 1. The summed E-state index contributed by atoms with van der Waals surface area (Å²) in [6.07, 6.45) is 47.0. The van der Waals surface area contributed by atoms with Gasteiger partial charge in [-0.15, -0.1) is 0 Å². The number of unbranched alkanes of at least 4 members (excludes halogenated alkanes) is 46. The number of nitrogens with one attached hydrogen (secondary N) is 1. The lowest BCUT2D eigenvalue weighted by Gasteiger charge is -2.48. The molecule has 17 unspecified atom stereocenters. The minimum atomic E-state index is -1.97. The first-order valence-corrected chi connectivity index (χ1v) is 41.1. The molecule has 3 fully saturated rings. The van der Waals surface area contributed by atoms with Crippen LogP contribution in [0, 0.1) is 0 Å². The molecule has 0 aromatic heterocycles. The average molecular weight is 1420 g/mol. The summed E-state index contributed by atoms with van der Waals surface area (Å²) in [5.74, 6) is -0.235. The molecule has 3 aliphatic heterocycles. The van der Waals surface area contributed by atoms with Gasteiger partial charge in [0.25, 0.3) is 0 Å². The van der Waals surface area contributed by atoms with Crippen LogP contribution in [-0.4, -0.2) is 193 Å². The second-order valence-corrected chi connectivity index (χ2v) is 29.6. The Morgan fingerprint density at radius 1 is 0.364 bits per heavy atom. The maximum atomic E-state index is 13.5. The Morgan fingerprint density at radius 2 is 0.667 bits per heavy atom. The molecule has 3 aliphatic rings. The molecule has 0 aromatic carbocycles. The second-order valence-electron chi connectivity index (χ2n) is 29.6. The third-order valence-electron chi connectivity index (χ3n) is 20.8. The van der Waals surface area contributed by atoms with Crippen molar-refractivity contribution in [2.24, 2.45) is 0 Å². The van der Waals surface area contributed by atoms with Gasteiger partial charge in [-0.25, -0.2) is 0 Å². The van der Waals surface area contributed by atoms with Gasteiger partial charge in [0.2, 0.25) is 5.91 Å². The summed E-state index contributed by atoms with van der Waals surface area (Å²) in [7, 11) is 0. The summed E-state index contributed by atoms with van der Waals surface area (Å²) in [6, 6.07) is -0.886. The number of carbonyl (C=O) groups is 1. The van der Waals surface area contributed by atoms with Gasteiger partial charge in [0, 0.05) is 6.42 Å². The van der Waals surface area contributed by atoms with E-state index < -0.39 is 124 Å². The number of carbonyl (C=O) groups excluding carboxylic acids is 1. The topological polar surface area (TPSA) is 307 Å². The van der Waals surface area contributed by atoms with Crippen molar-refractivity contribution in [2.75, 3.05) is 26.4 Å². The summed E-state index contributed by atoms with van der Waals surface area (Å²) < 4.78 is 34.5. The SMILES string of the molecule is CCCCCCC/C=C\C/C=C\CCCCCCCCCCCCCCCCCCCCCCCC(=O)NC(COC1OC(CO)C(OC2OC(CO)C(OC3OC(CO)C(O)C(O)C3O)C(O)C2O)C(O)C1O)C(O)CCCCCCCCCCCCCCCCCCCCCCC. The quantitative estimate of drug-likeness (QED) is 0.0199. The van der Waals surface area contributed by atoms with Crippen molar-refractivity contribution in [1.29, 1.82) is 0 Å². The highest BCUT2D eigenvalue weighted by atomic mass is 16.8.